The SMILES string of the molecule is CCN1CCCC1CNC(N)=NCc1ccc(-c2ccc(OC)cc2)s1.I. The van der Waals surface area contributed by atoms with Crippen LogP contribution in [-0.2, 0) is 6.54 Å². The number of rotatable bonds is 7. The van der Waals surface area contributed by atoms with Crippen LogP contribution in [0.3, 0.4) is 0 Å². The number of likely N-dealkylation sites (N-methyl/N-ethyl adjacent to an activating group) is 1. The molecule has 1 unspecified atom stereocenters. The minimum absolute atomic E-state index is 0. The third kappa shape index (κ3) is 6.08. The molecule has 0 bridgehead atoms. The lowest BCUT2D eigenvalue weighted by Gasteiger charge is -2.23. The van der Waals surface area contributed by atoms with E-state index in [9.17, 15) is 0 Å². The average Bonchev–Trinajstić information content (AvgIpc) is 3.33. The lowest BCUT2D eigenvalue weighted by molar-refractivity contribution is 0.267. The van der Waals surface area contributed by atoms with Crippen LogP contribution in [0.4, 0.5) is 0 Å². The van der Waals surface area contributed by atoms with Crippen molar-refractivity contribution < 1.29 is 4.74 Å². The molecule has 2 heterocycles. The number of benzene rings is 1. The van der Waals surface area contributed by atoms with Crippen LogP contribution in [0.25, 0.3) is 10.4 Å². The summed E-state index contributed by atoms with van der Waals surface area (Å²) in [5.41, 5.74) is 7.24. The van der Waals surface area contributed by atoms with E-state index in [1.54, 1.807) is 18.4 Å². The normalized spacial score (nSPS) is 17.6. The molecule has 1 aliphatic heterocycles. The minimum Gasteiger partial charge on any atom is -0.497 e. The molecule has 2 aromatic rings. The Morgan fingerprint density at radius 2 is 2.07 bits per heavy atom. The van der Waals surface area contributed by atoms with Gasteiger partial charge >= 0.3 is 0 Å². The summed E-state index contributed by atoms with van der Waals surface area (Å²) in [5.74, 6) is 1.41. The van der Waals surface area contributed by atoms with Gasteiger partial charge in [0, 0.05) is 22.3 Å². The fourth-order valence-corrected chi connectivity index (χ4v) is 4.29. The van der Waals surface area contributed by atoms with E-state index in [4.69, 9.17) is 10.5 Å². The van der Waals surface area contributed by atoms with Crippen molar-refractivity contribution in [2.75, 3.05) is 26.7 Å². The van der Waals surface area contributed by atoms with Gasteiger partial charge in [-0.05, 0) is 67.9 Å². The van der Waals surface area contributed by atoms with Crippen molar-refractivity contribution in [3.05, 3.63) is 41.3 Å². The second-order valence-electron chi connectivity index (χ2n) is 6.50. The summed E-state index contributed by atoms with van der Waals surface area (Å²) >= 11 is 1.75. The van der Waals surface area contributed by atoms with Gasteiger partial charge in [-0.3, -0.25) is 4.90 Å². The van der Waals surface area contributed by atoms with Gasteiger partial charge in [-0.1, -0.05) is 6.92 Å². The van der Waals surface area contributed by atoms with Crippen LogP contribution in [0.5, 0.6) is 5.75 Å². The van der Waals surface area contributed by atoms with E-state index in [-0.39, 0.29) is 24.0 Å². The number of guanidine groups is 1. The summed E-state index contributed by atoms with van der Waals surface area (Å²) in [6, 6.07) is 13.0. The Morgan fingerprint density at radius 1 is 1.30 bits per heavy atom. The maximum absolute atomic E-state index is 6.05. The summed E-state index contributed by atoms with van der Waals surface area (Å²) in [6.07, 6.45) is 2.52. The van der Waals surface area contributed by atoms with Crippen LogP contribution < -0.4 is 15.8 Å². The van der Waals surface area contributed by atoms with Crippen LogP contribution in [0, 0.1) is 0 Å². The Labute approximate surface area is 183 Å². The Morgan fingerprint density at radius 3 is 2.78 bits per heavy atom. The topological polar surface area (TPSA) is 62.9 Å². The van der Waals surface area contributed by atoms with Crippen LogP contribution >= 0.6 is 35.3 Å². The molecular formula is C20H29IN4OS. The average molecular weight is 500 g/mol. The van der Waals surface area contributed by atoms with Gasteiger partial charge in [0.05, 0.1) is 13.7 Å². The van der Waals surface area contributed by atoms with Crippen LogP contribution in [0.15, 0.2) is 41.4 Å². The lowest BCUT2D eigenvalue weighted by Crippen LogP contribution is -2.42. The van der Waals surface area contributed by atoms with E-state index in [1.807, 2.05) is 12.1 Å². The van der Waals surface area contributed by atoms with Crippen molar-refractivity contribution in [2.45, 2.75) is 32.4 Å². The first-order chi connectivity index (χ1) is 12.7. The van der Waals surface area contributed by atoms with Crippen molar-refractivity contribution in [2.24, 2.45) is 10.7 Å². The summed E-state index contributed by atoms with van der Waals surface area (Å²) < 4.78 is 5.21. The van der Waals surface area contributed by atoms with Crippen molar-refractivity contribution in [3.63, 3.8) is 0 Å². The Bertz CT molecular complexity index is 732. The number of nitrogens with two attached hydrogens (primary N) is 1. The second-order valence-corrected chi connectivity index (χ2v) is 7.67. The summed E-state index contributed by atoms with van der Waals surface area (Å²) in [6.45, 7) is 6.01. The molecule has 7 heteroatoms. The Kier molecular flexibility index (Phi) is 8.85. The van der Waals surface area contributed by atoms with E-state index in [1.165, 1.54) is 34.7 Å². The maximum atomic E-state index is 6.05. The minimum atomic E-state index is 0. The zero-order valence-electron chi connectivity index (χ0n) is 16.0. The fourth-order valence-electron chi connectivity index (χ4n) is 3.36. The predicted molar refractivity (Wildman–Crippen MR) is 125 cm³/mol. The number of hydrogen-bond acceptors (Lipinski definition) is 4. The Hall–Kier alpha value is -1.32. The van der Waals surface area contributed by atoms with E-state index >= 15 is 0 Å². The molecular weight excluding hydrogens is 471 g/mol. The van der Waals surface area contributed by atoms with Gasteiger partial charge in [-0.15, -0.1) is 35.3 Å². The van der Waals surface area contributed by atoms with Crippen molar-refractivity contribution >= 4 is 41.3 Å². The fraction of sp³-hybridized carbons (Fsp3) is 0.450. The second kappa shape index (κ2) is 10.9. The van der Waals surface area contributed by atoms with E-state index in [0.29, 0.717) is 18.5 Å². The maximum Gasteiger partial charge on any atom is 0.189 e. The summed E-state index contributed by atoms with van der Waals surface area (Å²) in [7, 11) is 1.68. The number of likely N-dealkylation sites (tertiary alicyclic amines) is 1. The molecule has 1 aromatic carbocycles. The summed E-state index contributed by atoms with van der Waals surface area (Å²) in [5, 5.41) is 3.29. The number of methoxy groups -OCH3 is 1. The standard InChI is InChI=1S/C20H28N4OS.HI/c1-3-24-12-4-5-16(24)13-22-20(21)23-14-18-10-11-19(26-18)15-6-8-17(25-2)9-7-15;/h6-11,16H,3-5,12-14H2,1-2H3,(H3,21,22,23);1H. The zero-order valence-corrected chi connectivity index (χ0v) is 19.1. The number of thiophene rings is 1. The third-order valence-electron chi connectivity index (χ3n) is 4.87. The molecule has 0 radical (unpaired) electrons. The van der Waals surface area contributed by atoms with E-state index in [2.05, 4.69) is 46.4 Å². The van der Waals surface area contributed by atoms with E-state index < -0.39 is 0 Å². The van der Waals surface area contributed by atoms with Crippen LogP contribution in [0.1, 0.15) is 24.6 Å². The van der Waals surface area contributed by atoms with Gasteiger partial charge in [0.1, 0.15) is 5.75 Å². The first-order valence-electron chi connectivity index (χ1n) is 9.20. The van der Waals surface area contributed by atoms with Gasteiger partial charge in [0.2, 0.25) is 0 Å². The molecule has 0 amide bonds. The number of halogens is 1. The number of ether oxygens (including phenoxy) is 1. The van der Waals surface area contributed by atoms with Crippen LogP contribution in [-0.4, -0.2) is 43.6 Å². The quantitative estimate of drug-likeness (QED) is 0.344. The highest BCUT2D eigenvalue weighted by Crippen LogP contribution is 2.29. The molecule has 5 nitrogen and oxygen atoms in total. The highest BCUT2D eigenvalue weighted by atomic mass is 127. The molecule has 0 saturated carbocycles. The van der Waals surface area contributed by atoms with Crippen molar-refractivity contribution in [1.82, 2.24) is 10.2 Å². The third-order valence-corrected chi connectivity index (χ3v) is 5.98. The van der Waals surface area contributed by atoms with Gasteiger partial charge in [-0.2, -0.15) is 0 Å². The highest BCUT2D eigenvalue weighted by molar-refractivity contribution is 14.0. The highest BCUT2D eigenvalue weighted by Gasteiger charge is 2.22. The van der Waals surface area contributed by atoms with Gasteiger partial charge < -0.3 is 15.8 Å². The van der Waals surface area contributed by atoms with Crippen molar-refractivity contribution in [3.8, 4) is 16.2 Å². The van der Waals surface area contributed by atoms with Crippen molar-refractivity contribution in [1.29, 1.82) is 0 Å². The number of hydrogen-bond donors (Lipinski definition) is 2. The first kappa shape index (κ1) is 22.0. The number of nitrogens with zero attached hydrogens (tertiary/aromatic N) is 2. The Balaban J connectivity index is 0.00000261. The molecule has 27 heavy (non-hydrogen) atoms. The smallest absolute Gasteiger partial charge is 0.189 e. The largest absolute Gasteiger partial charge is 0.497 e. The molecule has 3 rings (SSSR count). The predicted octanol–water partition coefficient (Wildman–Crippen LogP) is 3.93. The molecule has 1 fully saturated rings. The van der Waals surface area contributed by atoms with Crippen LogP contribution in [0.2, 0.25) is 0 Å². The monoisotopic (exact) mass is 500 g/mol. The van der Waals surface area contributed by atoms with Gasteiger partial charge in [0.25, 0.3) is 0 Å². The summed E-state index contributed by atoms with van der Waals surface area (Å²) in [4.78, 5) is 9.43. The zero-order chi connectivity index (χ0) is 18.4. The molecule has 1 aliphatic rings. The molecule has 3 N–H and O–H groups in total. The van der Waals surface area contributed by atoms with E-state index in [0.717, 1.165) is 18.8 Å². The molecule has 1 aromatic heterocycles. The molecule has 0 aliphatic carbocycles. The van der Waals surface area contributed by atoms with Gasteiger partial charge in [0.15, 0.2) is 5.96 Å². The molecule has 0 spiro atoms. The first-order valence-corrected chi connectivity index (χ1v) is 10.0. The molecule has 148 valence electrons. The molecule has 1 saturated heterocycles. The lowest BCUT2D eigenvalue weighted by atomic mass is 10.2. The number of aliphatic imine (C=N–C) groups is 1. The van der Waals surface area contributed by atoms with Gasteiger partial charge in [-0.25, -0.2) is 4.99 Å². The number of nitrogens with one attached hydrogen (secondary N) is 1. The molecule has 1 atom stereocenters.